The summed E-state index contributed by atoms with van der Waals surface area (Å²) in [6.45, 7) is 0. The lowest BCUT2D eigenvalue weighted by molar-refractivity contribution is 0.311. The van der Waals surface area contributed by atoms with Gasteiger partial charge in [0.1, 0.15) is 11.6 Å². The van der Waals surface area contributed by atoms with Crippen molar-refractivity contribution in [3.8, 4) is 0 Å². The summed E-state index contributed by atoms with van der Waals surface area (Å²) in [4.78, 5) is 0. The lowest BCUT2D eigenvalue weighted by Gasteiger charge is -2.31. The Kier molecular flexibility index (Phi) is 4.33. The molecule has 1 nitrogen and oxygen atoms in total. The zero-order valence-corrected chi connectivity index (χ0v) is 10.7. The Morgan fingerprint density at radius 3 is 2.28 bits per heavy atom. The van der Waals surface area contributed by atoms with Crippen LogP contribution in [0.25, 0.3) is 0 Å². The average molecular weight is 253 g/mol. The molecule has 1 fully saturated rings. The van der Waals surface area contributed by atoms with E-state index >= 15 is 0 Å². The van der Waals surface area contributed by atoms with Crippen molar-refractivity contribution in [2.45, 2.75) is 56.9 Å². The third kappa shape index (κ3) is 3.52. The molecule has 0 spiro atoms. The molecule has 1 aliphatic carbocycles. The van der Waals surface area contributed by atoms with Crippen LogP contribution in [0.1, 0.15) is 50.5 Å². The van der Waals surface area contributed by atoms with Crippen LogP contribution in [-0.2, 0) is 6.42 Å². The molecule has 0 aromatic heterocycles. The Balaban J connectivity index is 2.11. The monoisotopic (exact) mass is 253 g/mol. The molecule has 100 valence electrons. The van der Waals surface area contributed by atoms with Gasteiger partial charge in [0.25, 0.3) is 0 Å². The molecule has 0 saturated heterocycles. The number of halogens is 2. The van der Waals surface area contributed by atoms with Crippen LogP contribution in [0.15, 0.2) is 18.2 Å². The van der Waals surface area contributed by atoms with E-state index in [1.165, 1.54) is 31.4 Å². The molecule has 0 bridgehead atoms. The quantitative estimate of drug-likeness (QED) is 0.848. The fourth-order valence-corrected chi connectivity index (χ4v) is 2.84. The molecule has 2 rings (SSSR count). The number of benzene rings is 1. The van der Waals surface area contributed by atoms with Gasteiger partial charge in [0.2, 0.25) is 0 Å². The predicted octanol–water partition coefficient (Wildman–Crippen LogP) is 3.95. The largest absolute Gasteiger partial charge is 0.325 e. The molecule has 0 radical (unpaired) electrons. The Hall–Kier alpha value is -0.960. The van der Waals surface area contributed by atoms with Gasteiger partial charge in [-0.15, -0.1) is 0 Å². The molecule has 0 aliphatic heterocycles. The van der Waals surface area contributed by atoms with Crippen LogP contribution in [0.4, 0.5) is 8.78 Å². The van der Waals surface area contributed by atoms with Gasteiger partial charge in [0.15, 0.2) is 0 Å². The SMILES string of the molecule is NC1(Cc2cc(F)ccc2F)CCCCCCC1. The Morgan fingerprint density at radius 1 is 1.00 bits per heavy atom. The van der Waals surface area contributed by atoms with Crippen LogP contribution in [0.5, 0.6) is 0 Å². The van der Waals surface area contributed by atoms with Gasteiger partial charge in [-0.2, -0.15) is 0 Å². The Bertz CT molecular complexity index is 395. The van der Waals surface area contributed by atoms with Crippen LogP contribution in [0.2, 0.25) is 0 Å². The summed E-state index contributed by atoms with van der Waals surface area (Å²) in [6.07, 6.45) is 8.10. The maximum absolute atomic E-state index is 13.7. The molecule has 0 atom stereocenters. The number of rotatable bonds is 2. The molecule has 1 aliphatic rings. The van der Waals surface area contributed by atoms with E-state index in [1.807, 2.05) is 0 Å². The van der Waals surface area contributed by atoms with Crippen LogP contribution < -0.4 is 5.73 Å². The first kappa shape index (κ1) is 13.5. The molecule has 0 unspecified atom stereocenters. The summed E-state index contributed by atoms with van der Waals surface area (Å²) in [5, 5.41) is 0. The highest BCUT2D eigenvalue weighted by Gasteiger charge is 2.27. The summed E-state index contributed by atoms with van der Waals surface area (Å²) < 4.78 is 26.8. The fourth-order valence-electron chi connectivity index (χ4n) is 2.84. The topological polar surface area (TPSA) is 26.0 Å². The van der Waals surface area contributed by atoms with Crippen molar-refractivity contribution in [2.24, 2.45) is 5.73 Å². The van der Waals surface area contributed by atoms with E-state index in [2.05, 4.69) is 0 Å². The highest BCUT2D eigenvalue weighted by atomic mass is 19.1. The smallest absolute Gasteiger partial charge is 0.126 e. The van der Waals surface area contributed by atoms with Gasteiger partial charge < -0.3 is 5.73 Å². The van der Waals surface area contributed by atoms with E-state index in [4.69, 9.17) is 5.73 Å². The lowest BCUT2D eigenvalue weighted by Crippen LogP contribution is -2.42. The van der Waals surface area contributed by atoms with E-state index in [0.717, 1.165) is 31.7 Å². The van der Waals surface area contributed by atoms with Crippen molar-refractivity contribution in [1.29, 1.82) is 0 Å². The highest BCUT2D eigenvalue weighted by Crippen LogP contribution is 2.28. The minimum Gasteiger partial charge on any atom is -0.325 e. The molecule has 0 amide bonds. The Morgan fingerprint density at radius 2 is 1.61 bits per heavy atom. The summed E-state index contributed by atoms with van der Waals surface area (Å²) in [5.74, 6) is -0.732. The van der Waals surface area contributed by atoms with Crippen molar-refractivity contribution in [2.75, 3.05) is 0 Å². The fraction of sp³-hybridized carbons (Fsp3) is 0.600. The summed E-state index contributed by atoms with van der Waals surface area (Å²) in [7, 11) is 0. The average Bonchev–Trinajstić information content (AvgIpc) is 2.30. The molecule has 3 heteroatoms. The van der Waals surface area contributed by atoms with Gasteiger partial charge in [-0.1, -0.05) is 32.1 Å². The van der Waals surface area contributed by atoms with Gasteiger partial charge in [0, 0.05) is 5.54 Å². The molecule has 1 saturated carbocycles. The lowest BCUT2D eigenvalue weighted by atomic mass is 9.80. The van der Waals surface area contributed by atoms with Crippen LogP contribution in [0, 0.1) is 11.6 Å². The van der Waals surface area contributed by atoms with Crippen molar-refractivity contribution in [1.82, 2.24) is 0 Å². The number of nitrogens with two attached hydrogens (primary N) is 1. The zero-order chi connectivity index (χ0) is 13.0. The summed E-state index contributed by atoms with van der Waals surface area (Å²) in [6, 6.07) is 3.62. The maximum atomic E-state index is 13.7. The number of hydrogen-bond donors (Lipinski definition) is 1. The van der Waals surface area contributed by atoms with Gasteiger partial charge >= 0.3 is 0 Å². The molecule has 2 N–H and O–H groups in total. The van der Waals surface area contributed by atoms with Crippen LogP contribution in [-0.4, -0.2) is 5.54 Å². The molecule has 1 aromatic carbocycles. The summed E-state index contributed by atoms with van der Waals surface area (Å²) in [5.41, 5.74) is 6.44. The van der Waals surface area contributed by atoms with Crippen molar-refractivity contribution in [3.63, 3.8) is 0 Å². The van der Waals surface area contributed by atoms with Crippen molar-refractivity contribution < 1.29 is 8.78 Å². The molecule has 1 aromatic rings. The van der Waals surface area contributed by atoms with Gasteiger partial charge in [-0.25, -0.2) is 8.78 Å². The summed E-state index contributed by atoms with van der Waals surface area (Å²) >= 11 is 0. The Labute approximate surface area is 107 Å². The van der Waals surface area contributed by atoms with E-state index in [-0.39, 0.29) is 17.2 Å². The first-order valence-electron chi connectivity index (χ1n) is 6.82. The second-order valence-electron chi connectivity index (χ2n) is 5.54. The minimum absolute atomic E-state index is 0.344. The first-order valence-corrected chi connectivity index (χ1v) is 6.82. The number of hydrogen-bond acceptors (Lipinski definition) is 1. The van der Waals surface area contributed by atoms with Crippen LogP contribution >= 0.6 is 0 Å². The molecular formula is C15H21F2N. The van der Waals surface area contributed by atoms with Crippen molar-refractivity contribution in [3.05, 3.63) is 35.4 Å². The standard InChI is InChI=1S/C15H21F2N/c16-13-6-7-14(17)12(10-13)11-15(18)8-4-2-1-3-5-9-15/h6-7,10H,1-5,8-9,11,18H2. The van der Waals surface area contributed by atoms with Gasteiger partial charge in [-0.05, 0) is 43.0 Å². The highest BCUT2D eigenvalue weighted by molar-refractivity contribution is 5.21. The predicted molar refractivity (Wildman–Crippen MR) is 69.3 cm³/mol. The van der Waals surface area contributed by atoms with Crippen LogP contribution in [0.3, 0.4) is 0 Å². The first-order chi connectivity index (χ1) is 8.59. The molecule has 18 heavy (non-hydrogen) atoms. The van der Waals surface area contributed by atoms with Gasteiger partial charge in [-0.3, -0.25) is 0 Å². The molecule has 0 heterocycles. The molecular weight excluding hydrogens is 232 g/mol. The third-order valence-electron chi connectivity index (χ3n) is 3.90. The van der Waals surface area contributed by atoms with E-state index in [1.54, 1.807) is 0 Å². The van der Waals surface area contributed by atoms with Gasteiger partial charge in [0.05, 0.1) is 0 Å². The second-order valence-corrected chi connectivity index (χ2v) is 5.54. The maximum Gasteiger partial charge on any atom is 0.126 e. The zero-order valence-electron chi connectivity index (χ0n) is 10.7. The van der Waals surface area contributed by atoms with E-state index in [9.17, 15) is 8.78 Å². The van der Waals surface area contributed by atoms with E-state index < -0.39 is 0 Å². The third-order valence-corrected chi connectivity index (χ3v) is 3.90. The minimum atomic E-state index is -0.388. The van der Waals surface area contributed by atoms with E-state index in [0.29, 0.717) is 12.0 Å². The second kappa shape index (κ2) is 5.79. The van der Waals surface area contributed by atoms with Crippen molar-refractivity contribution >= 4 is 0 Å². The normalized spacial score (nSPS) is 20.2.